The maximum Gasteiger partial charge on any atom is 0.265 e. The van der Waals surface area contributed by atoms with Gasteiger partial charge in [-0.3, -0.25) is 9.10 Å². The second-order valence-electron chi connectivity index (χ2n) is 5.98. The van der Waals surface area contributed by atoms with Crippen molar-refractivity contribution in [1.82, 2.24) is 4.90 Å². The highest BCUT2D eigenvalue weighted by atomic mass is 32.2. The van der Waals surface area contributed by atoms with Gasteiger partial charge >= 0.3 is 0 Å². The van der Waals surface area contributed by atoms with Gasteiger partial charge in [0.15, 0.2) is 6.10 Å². The largest absolute Gasteiger partial charge is 0.476 e. The van der Waals surface area contributed by atoms with Crippen LogP contribution in [0.2, 0.25) is 0 Å². The first kappa shape index (κ1) is 17.8. The molecule has 134 valence electrons. The van der Waals surface area contributed by atoms with Crippen LogP contribution in [0.4, 0.5) is 5.69 Å². The molecule has 0 bridgehead atoms. The van der Waals surface area contributed by atoms with Crippen molar-refractivity contribution in [3.63, 3.8) is 0 Å². The Bertz CT molecular complexity index is 995. The number of hydrogen-bond donors (Lipinski definition) is 0. The van der Waals surface area contributed by atoms with E-state index in [0.29, 0.717) is 11.4 Å². The summed E-state index contributed by atoms with van der Waals surface area (Å²) in [6.07, 6.45) is -0.950. The lowest BCUT2D eigenvalue weighted by Crippen LogP contribution is -2.50. The van der Waals surface area contributed by atoms with Crippen LogP contribution in [0.5, 0.6) is 5.75 Å². The molecule has 0 aliphatic carbocycles. The zero-order chi connectivity index (χ0) is 18.9. The van der Waals surface area contributed by atoms with Gasteiger partial charge in [-0.15, -0.1) is 0 Å². The molecule has 3 rings (SSSR count). The molecule has 8 heteroatoms. The average Bonchev–Trinajstić information content (AvgIpc) is 2.66. The van der Waals surface area contributed by atoms with E-state index in [-0.39, 0.29) is 22.9 Å². The minimum absolute atomic E-state index is 0.00990. The molecule has 2 aromatic carbocycles. The molecule has 1 aliphatic heterocycles. The standard InChI is InChI=1S/C18H17N3O4S/c1-20(2)18(22)17-12-21(15-8-3-4-9-16(15)25-17)26(23,24)14-7-5-6-13(10-14)11-19/h3-10,17H,12H2,1-2H3/t17-/m1/s1. The van der Waals surface area contributed by atoms with Crippen molar-refractivity contribution >= 4 is 21.6 Å². The zero-order valence-corrected chi connectivity index (χ0v) is 15.1. The number of benzene rings is 2. The van der Waals surface area contributed by atoms with Gasteiger partial charge in [-0.1, -0.05) is 18.2 Å². The van der Waals surface area contributed by atoms with Gasteiger partial charge in [-0.05, 0) is 30.3 Å². The van der Waals surface area contributed by atoms with Crippen LogP contribution in [0, 0.1) is 11.3 Å². The molecule has 1 atom stereocenters. The SMILES string of the molecule is CN(C)C(=O)[C@H]1CN(S(=O)(=O)c2cccc(C#N)c2)c2ccccc2O1. The van der Waals surface area contributed by atoms with E-state index in [4.69, 9.17) is 10.00 Å². The van der Waals surface area contributed by atoms with Gasteiger partial charge in [0.25, 0.3) is 15.9 Å². The number of para-hydroxylation sites is 2. The lowest BCUT2D eigenvalue weighted by atomic mass is 10.2. The summed E-state index contributed by atoms with van der Waals surface area (Å²) in [6, 6.07) is 14.4. The first-order valence-electron chi connectivity index (χ1n) is 7.84. The highest BCUT2D eigenvalue weighted by molar-refractivity contribution is 7.92. The van der Waals surface area contributed by atoms with Crippen LogP contribution in [0.25, 0.3) is 0 Å². The zero-order valence-electron chi connectivity index (χ0n) is 14.3. The van der Waals surface area contributed by atoms with Gasteiger partial charge in [0.2, 0.25) is 0 Å². The molecule has 1 amide bonds. The van der Waals surface area contributed by atoms with Crippen molar-refractivity contribution in [1.29, 1.82) is 5.26 Å². The number of likely N-dealkylation sites (N-methyl/N-ethyl adjacent to an activating group) is 1. The molecule has 2 aromatic rings. The summed E-state index contributed by atoms with van der Waals surface area (Å²) in [6.45, 7) is -0.146. The predicted octanol–water partition coefficient (Wildman–Crippen LogP) is 1.60. The second kappa shape index (κ2) is 6.69. The van der Waals surface area contributed by atoms with Crippen molar-refractivity contribution in [2.45, 2.75) is 11.0 Å². The number of rotatable bonds is 3. The monoisotopic (exact) mass is 371 g/mol. The minimum Gasteiger partial charge on any atom is -0.476 e. The topological polar surface area (TPSA) is 90.7 Å². The van der Waals surface area contributed by atoms with Crippen molar-refractivity contribution in [3.8, 4) is 11.8 Å². The smallest absolute Gasteiger partial charge is 0.265 e. The number of carbonyl (C=O) groups excluding carboxylic acids is 1. The van der Waals surface area contributed by atoms with E-state index in [9.17, 15) is 13.2 Å². The Kier molecular flexibility index (Phi) is 4.57. The molecule has 0 aromatic heterocycles. The number of nitriles is 1. The van der Waals surface area contributed by atoms with Crippen molar-refractivity contribution in [3.05, 3.63) is 54.1 Å². The number of anilines is 1. The maximum atomic E-state index is 13.2. The number of carbonyl (C=O) groups is 1. The molecule has 1 aliphatic rings. The fraction of sp³-hybridized carbons (Fsp3) is 0.222. The van der Waals surface area contributed by atoms with Gasteiger partial charge < -0.3 is 9.64 Å². The molecule has 0 unspecified atom stereocenters. The van der Waals surface area contributed by atoms with Crippen LogP contribution in [0.3, 0.4) is 0 Å². The Morgan fingerprint density at radius 3 is 2.65 bits per heavy atom. The summed E-state index contributed by atoms with van der Waals surface area (Å²) in [5.74, 6) is -0.00978. The summed E-state index contributed by atoms with van der Waals surface area (Å²) < 4.78 is 33.3. The number of amides is 1. The summed E-state index contributed by atoms with van der Waals surface area (Å²) in [4.78, 5) is 13.7. The van der Waals surface area contributed by atoms with Crippen LogP contribution in [-0.4, -0.2) is 46.0 Å². The number of nitrogens with zero attached hydrogens (tertiary/aromatic N) is 3. The first-order chi connectivity index (χ1) is 12.3. The Morgan fingerprint density at radius 2 is 1.96 bits per heavy atom. The molecule has 0 saturated heterocycles. The third kappa shape index (κ3) is 3.09. The highest BCUT2D eigenvalue weighted by Crippen LogP contribution is 2.37. The Hall–Kier alpha value is -3.05. The predicted molar refractivity (Wildman–Crippen MR) is 95.2 cm³/mol. The van der Waals surface area contributed by atoms with E-state index in [2.05, 4.69) is 0 Å². The van der Waals surface area contributed by atoms with Gasteiger partial charge in [0.05, 0.1) is 28.8 Å². The summed E-state index contributed by atoms with van der Waals surface area (Å²) in [5, 5.41) is 9.04. The summed E-state index contributed by atoms with van der Waals surface area (Å²) in [7, 11) is -0.799. The van der Waals surface area contributed by atoms with Crippen LogP contribution in [-0.2, 0) is 14.8 Å². The van der Waals surface area contributed by atoms with E-state index in [1.54, 1.807) is 38.4 Å². The molecule has 7 nitrogen and oxygen atoms in total. The van der Waals surface area contributed by atoms with E-state index in [1.165, 1.54) is 29.2 Å². The number of sulfonamides is 1. The van der Waals surface area contributed by atoms with Gasteiger partial charge in [0.1, 0.15) is 5.75 Å². The van der Waals surface area contributed by atoms with E-state index in [1.807, 2.05) is 6.07 Å². The molecular weight excluding hydrogens is 354 g/mol. The van der Waals surface area contributed by atoms with Crippen LogP contribution < -0.4 is 9.04 Å². The lowest BCUT2D eigenvalue weighted by Gasteiger charge is -2.35. The van der Waals surface area contributed by atoms with E-state index < -0.39 is 16.1 Å². The molecule has 1 heterocycles. The Balaban J connectivity index is 2.09. The summed E-state index contributed by atoms with van der Waals surface area (Å²) in [5.41, 5.74) is 0.603. The van der Waals surface area contributed by atoms with E-state index >= 15 is 0 Å². The van der Waals surface area contributed by atoms with Gasteiger partial charge in [-0.2, -0.15) is 5.26 Å². The quantitative estimate of drug-likeness (QED) is 0.817. The fourth-order valence-electron chi connectivity index (χ4n) is 2.70. The average molecular weight is 371 g/mol. The van der Waals surface area contributed by atoms with E-state index in [0.717, 1.165) is 4.31 Å². The number of fused-ring (bicyclic) bond motifs is 1. The highest BCUT2D eigenvalue weighted by Gasteiger charge is 2.38. The number of hydrogen-bond acceptors (Lipinski definition) is 5. The van der Waals surface area contributed by atoms with Gasteiger partial charge in [-0.25, -0.2) is 8.42 Å². The van der Waals surface area contributed by atoms with Crippen LogP contribution in [0.1, 0.15) is 5.56 Å². The molecular formula is C18H17N3O4S. The molecule has 0 spiro atoms. The van der Waals surface area contributed by atoms with Gasteiger partial charge in [0, 0.05) is 14.1 Å². The maximum absolute atomic E-state index is 13.2. The molecule has 0 fully saturated rings. The lowest BCUT2D eigenvalue weighted by molar-refractivity contribution is -0.135. The Labute approximate surface area is 152 Å². The fourth-order valence-corrected chi connectivity index (χ4v) is 4.22. The van der Waals surface area contributed by atoms with Crippen LogP contribution >= 0.6 is 0 Å². The van der Waals surface area contributed by atoms with Crippen molar-refractivity contribution < 1.29 is 17.9 Å². The third-order valence-corrected chi connectivity index (χ3v) is 5.78. The molecule has 26 heavy (non-hydrogen) atoms. The normalized spacial score (nSPS) is 16.2. The van der Waals surface area contributed by atoms with Crippen molar-refractivity contribution in [2.75, 3.05) is 24.9 Å². The molecule has 0 N–H and O–H groups in total. The minimum atomic E-state index is -3.97. The number of ether oxygens (including phenoxy) is 1. The summed E-state index contributed by atoms with van der Waals surface area (Å²) >= 11 is 0. The Morgan fingerprint density at radius 1 is 1.23 bits per heavy atom. The third-order valence-electron chi connectivity index (χ3n) is 4.00. The molecule has 0 saturated carbocycles. The molecule has 0 radical (unpaired) electrons. The second-order valence-corrected chi connectivity index (χ2v) is 7.84. The first-order valence-corrected chi connectivity index (χ1v) is 9.28. The van der Waals surface area contributed by atoms with Crippen molar-refractivity contribution in [2.24, 2.45) is 0 Å². The van der Waals surface area contributed by atoms with Crippen LogP contribution in [0.15, 0.2) is 53.4 Å².